The predicted octanol–water partition coefficient (Wildman–Crippen LogP) is 1.63. The molecule has 0 aliphatic rings. The summed E-state index contributed by atoms with van der Waals surface area (Å²) in [6.07, 6.45) is -0.393. The second-order valence-electron chi connectivity index (χ2n) is 4.43. The van der Waals surface area contributed by atoms with Crippen molar-refractivity contribution in [2.24, 2.45) is 0 Å². The van der Waals surface area contributed by atoms with Gasteiger partial charge in [-0.25, -0.2) is 0 Å². The Morgan fingerprint density at radius 1 is 1.12 bits per heavy atom. The molecule has 0 unspecified atom stereocenters. The van der Waals surface area contributed by atoms with Gasteiger partial charge in [-0.3, -0.25) is 4.48 Å². The fourth-order valence-corrected chi connectivity index (χ4v) is 1.34. The zero-order valence-corrected chi connectivity index (χ0v) is 15.6. The monoisotopic (exact) mass is 350 g/mol. The van der Waals surface area contributed by atoms with Crippen molar-refractivity contribution < 1.29 is 13.9 Å². The standard InChI is InChI=1S/C12H22NO3.Sn.2H/c1-6-14-12(15-7-2)10-8-9-11(16-10)13(3,4)5;;;/h8-9,12H,6-7H2,1-5H3;;;/q+1;;;. The zero-order chi connectivity index (χ0) is 12.2. The van der Waals surface area contributed by atoms with Gasteiger partial charge in [0, 0.05) is 19.3 Å². The van der Waals surface area contributed by atoms with E-state index < -0.39 is 6.29 Å². The minimum absolute atomic E-state index is 0. The third kappa shape index (κ3) is 4.99. The van der Waals surface area contributed by atoms with Gasteiger partial charge in [-0.2, -0.15) is 0 Å². The van der Waals surface area contributed by atoms with E-state index >= 15 is 0 Å². The molecule has 0 aromatic carbocycles. The molecule has 1 heterocycles. The first kappa shape index (κ1) is 17.0. The molecule has 2 radical (unpaired) electrons. The van der Waals surface area contributed by atoms with E-state index in [1.165, 1.54) is 0 Å². The summed E-state index contributed by atoms with van der Waals surface area (Å²) in [4.78, 5) is 0. The molecule has 0 aliphatic carbocycles. The molecule has 0 bridgehead atoms. The van der Waals surface area contributed by atoms with Crippen molar-refractivity contribution >= 4 is 29.8 Å². The van der Waals surface area contributed by atoms with Crippen LogP contribution in [0.15, 0.2) is 16.5 Å². The number of hydrogen-bond acceptors (Lipinski definition) is 3. The maximum atomic E-state index is 5.74. The van der Waals surface area contributed by atoms with Gasteiger partial charge in [0.2, 0.25) is 6.29 Å². The summed E-state index contributed by atoms with van der Waals surface area (Å²) in [5, 5.41) is 0. The van der Waals surface area contributed by atoms with E-state index in [4.69, 9.17) is 13.9 Å². The van der Waals surface area contributed by atoms with Crippen LogP contribution in [0.25, 0.3) is 0 Å². The van der Waals surface area contributed by atoms with Crippen LogP contribution in [-0.2, 0) is 9.47 Å². The van der Waals surface area contributed by atoms with E-state index in [9.17, 15) is 0 Å². The van der Waals surface area contributed by atoms with Crippen LogP contribution in [0.5, 0.6) is 0 Å². The number of furan rings is 1. The molecule has 1 aromatic heterocycles. The van der Waals surface area contributed by atoms with E-state index in [1.807, 2.05) is 26.0 Å². The molecule has 0 N–H and O–H groups in total. The van der Waals surface area contributed by atoms with E-state index in [1.54, 1.807) is 0 Å². The van der Waals surface area contributed by atoms with Crippen molar-refractivity contribution in [3.05, 3.63) is 17.9 Å². The molecule has 1 rings (SSSR count). The SMILES string of the molecule is CCOC(OCC)c1ccc([N+](C)(C)C)o1.[SnH2]. The molecule has 98 valence electrons. The maximum absolute atomic E-state index is 5.74. The topological polar surface area (TPSA) is 31.6 Å². The van der Waals surface area contributed by atoms with Crippen LogP contribution in [-0.4, -0.2) is 58.3 Å². The first-order valence-corrected chi connectivity index (χ1v) is 5.64. The fourth-order valence-electron chi connectivity index (χ4n) is 1.34. The third-order valence-corrected chi connectivity index (χ3v) is 2.14. The first-order valence-electron chi connectivity index (χ1n) is 5.64. The molecule has 5 heteroatoms. The second-order valence-corrected chi connectivity index (χ2v) is 4.43. The quantitative estimate of drug-likeness (QED) is 0.445. The molecule has 0 spiro atoms. The Bertz CT molecular complexity index is 314. The molecule has 4 nitrogen and oxygen atoms in total. The van der Waals surface area contributed by atoms with Crippen molar-refractivity contribution in [3.63, 3.8) is 0 Å². The van der Waals surface area contributed by atoms with E-state index in [0.29, 0.717) is 17.7 Å². The van der Waals surface area contributed by atoms with Gasteiger partial charge in [-0.15, -0.1) is 0 Å². The van der Waals surface area contributed by atoms with Crippen LogP contribution in [0.1, 0.15) is 25.9 Å². The van der Waals surface area contributed by atoms with Gasteiger partial charge in [0.05, 0.1) is 21.1 Å². The molecule has 0 saturated heterocycles. The van der Waals surface area contributed by atoms with E-state index in [0.717, 1.165) is 11.6 Å². The Hall–Kier alpha value is -0.0413. The molecular weight excluding hydrogens is 325 g/mol. The third-order valence-electron chi connectivity index (χ3n) is 2.14. The van der Waals surface area contributed by atoms with Gasteiger partial charge in [-0.1, -0.05) is 0 Å². The van der Waals surface area contributed by atoms with Gasteiger partial charge in [0.15, 0.2) is 5.76 Å². The number of hydrogen-bond donors (Lipinski definition) is 0. The first-order chi connectivity index (χ1) is 7.49. The summed E-state index contributed by atoms with van der Waals surface area (Å²) >= 11 is 0. The minimum atomic E-state index is -0.393. The number of nitrogens with zero attached hydrogens (tertiary/aromatic N) is 1. The number of quaternary nitrogens is 1. The van der Waals surface area contributed by atoms with Crippen molar-refractivity contribution in [3.8, 4) is 0 Å². The normalized spacial score (nSPS) is 11.6. The Balaban J connectivity index is 0.00000256. The second kappa shape index (κ2) is 7.41. The predicted molar refractivity (Wildman–Crippen MR) is 72.8 cm³/mol. The number of rotatable bonds is 6. The summed E-state index contributed by atoms with van der Waals surface area (Å²) < 4.78 is 17.3. The Labute approximate surface area is 120 Å². The molecule has 0 amide bonds. The van der Waals surface area contributed by atoms with E-state index in [2.05, 4.69) is 21.1 Å². The molecule has 17 heavy (non-hydrogen) atoms. The Morgan fingerprint density at radius 3 is 2.00 bits per heavy atom. The average Bonchev–Trinajstić information content (AvgIpc) is 2.65. The molecule has 0 fully saturated rings. The fraction of sp³-hybridized carbons (Fsp3) is 0.667. The van der Waals surface area contributed by atoms with Crippen LogP contribution < -0.4 is 4.48 Å². The van der Waals surface area contributed by atoms with Crippen molar-refractivity contribution in [1.29, 1.82) is 0 Å². The molecule has 1 aromatic rings. The van der Waals surface area contributed by atoms with Gasteiger partial charge in [0.1, 0.15) is 0 Å². The van der Waals surface area contributed by atoms with Gasteiger partial charge in [-0.05, 0) is 19.9 Å². The average molecular weight is 349 g/mol. The Morgan fingerprint density at radius 2 is 1.65 bits per heavy atom. The van der Waals surface area contributed by atoms with Crippen LogP contribution in [0, 0.1) is 0 Å². The Kier molecular flexibility index (Phi) is 7.39. The van der Waals surface area contributed by atoms with Crippen molar-refractivity contribution in [1.82, 2.24) is 4.48 Å². The van der Waals surface area contributed by atoms with Crippen LogP contribution in [0.3, 0.4) is 0 Å². The summed E-state index contributed by atoms with van der Waals surface area (Å²) in [5.41, 5.74) is 0. The van der Waals surface area contributed by atoms with Crippen LogP contribution in [0.4, 0.5) is 5.88 Å². The molecular formula is C12H24NO3Sn+. The van der Waals surface area contributed by atoms with Crippen molar-refractivity contribution in [2.75, 3.05) is 34.4 Å². The van der Waals surface area contributed by atoms with Gasteiger partial charge in [0.25, 0.3) is 5.88 Å². The number of ether oxygens (including phenoxy) is 2. The zero-order valence-electron chi connectivity index (χ0n) is 11.5. The van der Waals surface area contributed by atoms with Crippen molar-refractivity contribution in [2.45, 2.75) is 20.1 Å². The summed E-state index contributed by atoms with van der Waals surface area (Å²) in [6.45, 7) is 5.08. The van der Waals surface area contributed by atoms with Gasteiger partial charge < -0.3 is 13.9 Å². The molecule has 0 aliphatic heterocycles. The molecule has 0 saturated carbocycles. The van der Waals surface area contributed by atoms with Gasteiger partial charge >= 0.3 is 23.9 Å². The summed E-state index contributed by atoms with van der Waals surface area (Å²) in [7, 11) is 6.16. The van der Waals surface area contributed by atoms with Crippen LogP contribution >= 0.6 is 0 Å². The van der Waals surface area contributed by atoms with Crippen LogP contribution in [0.2, 0.25) is 0 Å². The molecule has 0 atom stereocenters. The summed E-state index contributed by atoms with van der Waals surface area (Å²) in [5.74, 6) is 1.62. The summed E-state index contributed by atoms with van der Waals surface area (Å²) in [6, 6.07) is 3.87. The van der Waals surface area contributed by atoms with E-state index in [-0.39, 0.29) is 23.9 Å².